The molecule has 1 aromatic heterocycles. The van der Waals surface area contributed by atoms with E-state index in [-0.39, 0.29) is 6.04 Å². The molecule has 1 aromatic rings. The molecule has 90 valence electrons. The van der Waals surface area contributed by atoms with E-state index in [1.54, 1.807) is 6.92 Å². The molecule has 0 saturated heterocycles. The second kappa shape index (κ2) is 4.62. The Hall–Kier alpha value is -1.41. The van der Waals surface area contributed by atoms with Gasteiger partial charge in [-0.25, -0.2) is 17.9 Å². The van der Waals surface area contributed by atoms with Gasteiger partial charge in [-0.05, 0) is 13.3 Å². The molecule has 3 N–H and O–H groups in total. The van der Waals surface area contributed by atoms with E-state index < -0.39 is 26.2 Å². The van der Waals surface area contributed by atoms with Crippen LogP contribution in [0, 0.1) is 0 Å². The maximum Gasteiger partial charge on any atom is 0.325 e. The zero-order chi connectivity index (χ0) is 12.3. The van der Waals surface area contributed by atoms with Gasteiger partial charge in [0.1, 0.15) is 0 Å². The second-order valence-electron chi connectivity index (χ2n) is 3.37. The maximum absolute atomic E-state index is 11.7. The van der Waals surface area contributed by atoms with Gasteiger partial charge in [-0.15, -0.1) is 0 Å². The molecule has 0 radical (unpaired) electrons. The Morgan fingerprint density at radius 3 is 2.56 bits per heavy atom. The molecule has 0 aliphatic heterocycles. The molecule has 0 aromatic carbocycles. The molecule has 0 unspecified atom stereocenters. The van der Waals surface area contributed by atoms with Crippen LogP contribution in [-0.2, 0) is 10.0 Å². The molecule has 1 rings (SSSR count). The number of sulfonamides is 1. The molecular weight excluding hydrogens is 234 g/mol. The van der Waals surface area contributed by atoms with Gasteiger partial charge in [0.25, 0.3) is 5.56 Å². The summed E-state index contributed by atoms with van der Waals surface area (Å²) in [4.78, 5) is 25.4. The van der Waals surface area contributed by atoms with Gasteiger partial charge < -0.3 is 4.98 Å². The van der Waals surface area contributed by atoms with E-state index in [9.17, 15) is 18.0 Å². The predicted octanol–water partition coefficient (Wildman–Crippen LogP) is -0.860. The SMILES string of the molecule is CC[C@@H](C)NS(=O)(=O)c1c[nH]c(=O)[nH]c1=O. The lowest BCUT2D eigenvalue weighted by Crippen LogP contribution is -2.37. The number of H-pyrrole nitrogens is 2. The summed E-state index contributed by atoms with van der Waals surface area (Å²) in [6.07, 6.45) is 1.48. The fraction of sp³-hybridized carbons (Fsp3) is 0.500. The van der Waals surface area contributed by atoms with Crippen LogP contribution in [0.3, 0.4) is 0 Å². The van der Waals surface area contributed by atoms with Crippen LogP contribution in [0.25, 0.3) is 0 Å². The molecule has 7 nitrogen and oxygen atoms in total. The standard InChI is InChI=1S/C8H13N3O4S/c1-3-5(2)11-16(14,15)6-4-9-8(13)10-7(6)12/h4-5,11H,3H2,1-2H3,(H2,9,10,12,13)/t5-/m1/s1. The molecule has 0 saturated carbocycles. The van der Waals surface area contributed by atoms with E-state index in [0.29, 0.717) is 6.42 Å². The first-order valence-electron chi connectivity index (χ1n) is 4.71. The van der Waals surface area contributed by atoms with Crippen molar-refractivity contribution in [1.29, 1.82) is 0 Å². The van der Waals surface area contributed by atoms with Crippen LogP contribution >= 0.6 is 0 Å². The Morgan fingerprint density at radius 1 is 1.44 bits per heavy atom. The van der Waals surface area contributed by atoms with Gasteiger partial charge >= 0.3 is 5.69 Å². The van der Waals surface area contributed by atoms with Crippen molar-refractivity contribution >= 4 is 10.0 Å². The highest BCUT2D eigenvalue weighted by atomic mass is 32.2. The average Bonchev–Trinajstić information content (AvgIpc) is 2.16. The maximum atomic E-state index is 11.7. The second-order valence-corrected chi connectivity index (χ2v) is 5.05. The molecule has 0 amide bonds. The van der Waals surface area contributed by atoms with Gasteiger partial charge in [-0.2, -0.15) is 0 Å². The minimum Gasteiger partial charge on any atom is -0.313 e. The highest BCUT2D eigenvalue weighted by Crippen LogP contribution is 2.01. The summed E-state index contributed by atoms with van der Waals surface area (Å²) < 4.78 is 25.7. The van der Waals surface area contributed by atoms with E-state index in [2.05, 4.69) is 9.71 Å². The lowest BCUT2D eigenvalue weighted by atomic mass is 10.3. The highest BCUT2D eigenvalue weighted by molar-refractivity contribution is 7.89. The molecule has 0 aliphatic rings. The molecule has 8 heteroatoms. The van der Waals surface area contributed by atoms with E-state index in [1.165, 1.54) is 0 Å². The fourth-order valence-corrected chi connectivity index (χ4v) is 2.34. The first-order chi connectivity index (χ1) is 7.36. The van der Waals surface area contributed by atoms with Crippen LogP contribution < -0.4 is 16.0 Å². The minimum atomic E-state index is -3.88. The Morgan fingerprint density at radius 2 is 2.06 bits per heavy atom. The van der Waals surface area contributed by atoms with Crippen LogP contribution in [0.1, 0.15) is 20.3 Å². The average molecular weight is 247 g/mol. The third-order valence-corrected chi connectivity index (χ3v) is 3.64. The van der Waals surface area contributed by atoms with Gasteiger partial charge in [-0.3, -0.25) is 9.78 Å². The first-order valence-corrected chi connectivity index (χ1v) is 6.19. The summed E-state index contributed by atoms with van der Waals surface area (Å²) in [6, 6.07) is -0.281. The van der Waals surface area contributed by atoms with Crippen molar-refractivity contribution in [2.24, 2.45) is 0 Å². The monoisotopic (exact) mass is 247 g/mol. The summed E-state index contributed by atoms with van der Waals surface area (Å²) in [5.41, 5.74) is -1.67. The van der Waals surface area contributed by atoms with Crippen molar-refractivity contribution in [2.45, 2.75) is 31.2 Å². The summed E-state index contributed by atoms with van der Waals surface area (Å²) >= 11 is 0. The van der Waals surface area contributed by atoms with Gasteiger partial charge in [0.05, 0.1) is 0 Å². The van der Waals surface area contributed by atoms with E-state index >= 15 is 0 Å². The zero-order valence-electron chi connectivity index (χ0n) is 8.90. The summed E-state index contributed by atoms with van der Waals surface area (Å²) in [7, 11) is -3.88. The topological polar surface area (TPSA) is 112 Å². The van der Waals surface area contributed by atoms with Crippen LogP contribution in [0.15, 0.2) is 20.7 Å². The first kappa shape index (κ1) is 12.7. The van der Waals surface area contributed by atoms with Gasteiger partial charge in [0.15, 0.2) is 4.90 Å². The third kappa shape index (κ3) is 2.80. The molecule has 1 atom stereocenters. The molecule has 0 bridgehead atoms. The Bertz CT molecular complexity index is 571. The Labute approximate surface area is 92.0 Å². The fourth-order valence-electron chi connectivity index (χ4n) is 1.01. The molecule has 1 heterocycles. The molecule has 0 fully saturated rings. The summed E-state index contributed by atoms with van der Waals surface area (Å²) in [5, 5.41) is 0. The number of hydrogen-bond donors (Lipinski definition) is 3. The molecule has 0 spiro atoms. The largest absolute Gasteiger partial charge is 0.325 e. The summed E-state index contributed by atoms with van der Waals surface area (Å²) in [6.45, 7) is 3.49. The van der Waals surface area contributed by atoms with Crippen LogP contribution in [-0.4, -0.2) is 24.4 Å². The zero-order valence-corrected chi connectivity index (χ0v) is 9.72. The normalized spacial score (nSPS) is 13.6. The van der Waals surface area contributed by atoms with Crippen LogP contribution in [0.2, 0.25) is 0 Å². The number of aromatic nitrogens is 2. The van der Waals surface area contributed by atoms with E-state index in [1.807, 2.05) is 11.9 Å². The van der Waals surface area contributed by atoms with Crippen molar-refractivity contribution in [3.8, 4) is 0 Å². The number of hydrogen-bond acceptors (Lipinski definition) is 4. The molecule has 0 aliphatic carbocycles. The quantitative estimate of drug-likeness (QED) is 0.642. The Balaban J connectivity index is 3.18. The van der Waals surface area contributed by atoms with Crippen molar-refractivity contribution in [2.75, 3.05) is 0 Å². The van der Waals surface area contributed by atoms with Crippen molar-refractivity contribution in [1.82, 2.24) is 14.7 Å². The lowest BCUT2D eigenvalue weighted by molar-refractivity contribution is 0.554. The van der Waals surface area contributed by atoms with Gasteiger partial charge in [0.2, 0.25) is 10.0 Å². The van der Waals surface area contributed by atoms with Crippen molar-refractivity contribution < 1.29 is 8.42 Å². The van der Waals surface area contributed by atoms with E-state index in [4.69, 9.17) is 0 Å². The number of nitrogens with one attached hydrogen (secondary N) is 3. The van der Waals surface area contributed by atoms with Crippen molar-refractivity contribution in [3.05, 3.63) is 27.0 Å². The van der Waals surface area contributed by atoms with E-state index in [0.717, 1.165) is 6.20 Å². The highest BCUT2D eigenvalue weighted by Gasteiger charge is 2.20. The van der Waals surface area contributed by atoms with Gasteiger partial charge in [0, 0.05) is 12.2 Å². The number of aromatic amines is 2. The van der Waals surface area contributed by atoms with Gasteiger partial charge in [-0.1, -0.05) is 6.92 Å². The smallest absolute Gasteiger partial charge is 0.313 e. The van der Waals surface area contributed by atoms with Crippen LogP contribution in [0.4, 0.5) is 0 Å². The predicted molar refractivity (Wildman–Crippen MR) is 57.8 cm³/mol. The summed E-state index contributed by atoms with van der Waals surface area (Å²) in [5.74, 6) is 0. The molecular formula is C8H13N3O4S. The third-order valence-electron chi connectivity index (χ3n) is 2.04. The lowest BCUT2D eigenvalue weighted by Gasteiger charge is -2.10. The van der Waals surface area contributed by atoms with Crippen LogP contribution in [0.5, 0.6) is 0 Å². The Kier molecular flexibility index (Phi) is 3.66. The van der Waals surface area contributed by atoms with Crippen molar-refractivity contribution in [3.63, 3.8) is 0 Å². The molecule has 16 heavy (non-hydrogen) atoms. The minimum absolute atomic E-state index is 0.281. The number of rotatable bonds is 4.